The maximum absolute atomic E-state index is 15.6. The Morgan fingerprint density at radius 3 is 0.511 bits per heavy atom. The van der Waals surface area contributed by atoms with Crippen LogP contribution < -0.4 is 18.1 Å². The Morgan fingerprint density at radius 1 is 0.216 bits per heavy atom. The van der Waals surface area contributed by atoms with E-state index < -0.39 is 57.1 Å². The van der Waals surface area contributed by atoms with Crippen LogP contribution in [0.4, 0.5) is 17.6 Å². The standard InChI is InChI=1S/C68H50F4N8O4P4/c69-55-25-17-51(18-26-55)59-49-60(52-19-27-56(70)28-20-52)66(82-86(75-37-5-6-38-75)76-39-7-8-40-76)63(65(59)81-85(73-33-1-2-34-73)74-35-3-4-36-74)64-67(83-87(77-41-9-10-42-77)78-43-11-12-44-78)61(53-21-29-57(71)30-22-53)50-62(54-23-31-58(72)32-24-54)68(64)84-88(79-45-13-14-46-79)80-47-15-16-48-80/h1-50H. The number of halogens is 4. The zero-order valence-electron chi connectivity index (χ0n) is 46.4. The molecule has 0 fully saturated rings. The van der Waals surface area contributed by atoms with Crippen LogP contribution in [0.15, 0.2) is 305 Å². The fourth-order valence-electron chi connectivity index (χ4n) is 10.2. The first-order valence-corrected chi connectivity index (χ1v) is 32.4. The van der Waals surface area contributed by atoms with Gasteiger partial charge in [-0.05, 0) is 180 Å². The lowest BCUT2D eigenvalue weighted by molar-refractivity contribution is 0.558. The molecule has 88 heavy (non-hydrogen) atoms. The van der Waals surface area contributed by atoms with Crippen molar-refractivity contribution in [3.05, 3.63) is 329 Å². The van der Waals surface area contributed by atoms with E-state index in [4.69, 9.17) is 18.1 Å². The lowest BCUT2D eigenvalue weighted by Crippen LogP contribution is -2.11. The molecule has 0 spiro atoms. The van der Waals surface area contributed by atoms with E-state index in [0.29, 0.717) is 55.6 Å². The van der Waals surface area contributed by atoms with Crippen LogP contribution in [0.1, 0.15) is 0 Å². The molecule has 0 amide bonds. The van der Waals surface area contributed by atoms with Gasteiger partial charge in [0.2, 0.25) is 0 Å². The summed E-state index contributed by atoms with van der Waals surface area (Å²) in [4.78, 5) is 0. The van der Waals surface area contributed by atoms with Gasteiger partial charge in [-0.3, -0.25) is 34.7 Å². The second-order valence-corrected chi connectivity index (χ2v) is 26.4. The molecule has 0 aliphatic heterocycles. The molecule has 0 atom stereocenters. The molecule has 0 saturated heterocycles. The van der Waals surface area contributed by atoms with Crippen molar-refractivity contribution >= 4 is 33.8 Å². The zero-order valence-corrected chi connectivity index (χ0v) is 50.0. The highest BCUT2D eigenvalue weighted by atomic mass is 31.2. The van der Waals surface area contributed by atoms with Gasteiger partial charge in [0.05, 0.1) is 11.1 Å². The average Bonchev–Trinajstić information content (AvgIpc) is 1.53. The Bertz CT molecular complexity index is 3820. The number of benzene rings is 6. The van der Waals surface area contributed by atoms with Crippen LogP contribution in [0.2, 0.25) is 0 Å². The Kier molecular flexibility index (Phi) is 15.8. The number of rotatable bonds is 21. The second kappa shape index (κ2) is 24.9. The van der Waals surface area contributed by atoms with E-state index >= 15 is 17.6 Å². The van der Waals surface area contributed by atoms with Crippen LogP contribution in [0.5, 0.6) is 23.0 Å². The number of hydrogen-bond acceptors (Lipinski definition) is 4. The van der Waals surface area contributed by atoms with E-state index in [1.165, 1.54) is 48.5 Å². The number of hydrogen-bond donors (Lipinski definition) is 0. The molecule has 20 heteroatoms. The quantitative estimate of drug-likeness (QED) is 0.0531. The Labute approximate surface area is 508 Å². The second-order valence-electron chi connectivity index (χ2n) is 19.9. The molecular formula is C68H50F4N8O4P4. The summed E-state index contributed by atoms with van der Waals surface area (Å²) in [7, 11) is -7.81. The van der Waals surface area contributed by atoms with Gasteiger partial charge in [0.15, 0.2) is 0 Å². The first-order chi connectivity index (χ1) is 43.3. The van der Waals surface area contributed by atoms with Crippen molar-refractivity contribution < 1.29 is 35.7 Å². The van der Waals surface area contributed by atoms with Crippen LogP contribution in [-0.4, -0.2) is 34.7 Å². The molecule has 8 aromatic heterocycles. The lowest BCUT2D eigenvalue weighted by Gasteiger charge is -2.32. The highest BCUT2D eigenvalue weighted by Crippen LogP contribution is 2.65. The van der Waals surface area contributed by atoms with Crippen molar-refractivity contribution in [2.24, 2.45) is 0 Å². The summed E-state index contributed by atoms with van der Waals surface area (Å²) in [6, 6.07) is 59.4. The van der Waals surface area contributed by atoms with Crippen molar-refractivity contribution in [1.29, 1.82) is 0 Å². The zero-order chi connectivity index (χ0) is 59.5. The van der Waals surface area contributed by atoms with E-state index in [1.54, 1.807) is 48.5 Å². The van der Waals surface area contributed by atoms with Crippen molar-refractivity contribution in [2.45, 2.75) is 0 Å². The predicted octanol–water partition coefficient (Wildman–Crippen LogP) is 19.8. The molecule has 0 radical (unpaired) electrons. The van der Waals surface area contributed by atoms with Crippen molar-refractivity contribution in [3.8, 4) is 78.6 Å². The molecule has 14 rings (SSSR count). The molecule has 8 heterocycles. The third kappa shape index (κ3) is 11.4. The van der Waals surface area contributed by atoms with Crippen molar-refractivity contribution in [1.82, 2.24) is 34.7 Å². The van der Waals surface area contributed by atoms with Gasteiger partial charge < -0.3 is 18.1 Å². The molecule has 0 saturated carbocycles. The van der Waals surface area contributed by atoms with Crippen LogP contribution >= 0.6 is 33.8 Å². The van der Waals surface area contributed by atoms with E-state index in [0.717, 1.165) is 0 Å². The normalized spacial score (nSPS) is 11.6. The minimum absolute atomic E-state index is 0.240. The summed E-state index contributed by atoms with van der Waals surface area (Å²) in [5.74, 6) is -0.908. The Morgan fingerprint density at radius 2 is 0.364 bits per heavy atom. The van der Waals surface area contributed by atoms with Crippen LogP contribution in [0.25, 0.3) is 55.6 Å². The van der Waals surface area contributed by atoms with Crippen LogP contribution in [0.3, 0.4) is 0 Å². The summed E-state index contributed by atoms with van der Waals surface area (Å²) in [5, 5.41) is 0. The number of aromatic nitrogens is 8. The molecule has 0 N–H and O–H groups in total. The fourth-order valence-corrected chi connectivity index (χ4v) is 16.4. The molecule has 0 unspecified atom stereocenters. The Hall–Kier alpha value is -9.80. The molecule has 434 valence electrons. The summed E-state index contributed by atoms with van der Waals surface area (Å²) in [5.41, 5.74) is 4.67. The maximum Gasteiger partial charge on any atom is 0.317 e. The summed E-state index contributed by atoms with van der Waals surface area (Å²) in [6.45, 7) is 0. The summed E-state index contributed by atoms with van der Waals surface area (Å²) < 4.78 is 110. The maximum atomic E-state index is 15.6. The van der Waals surface area contributed by atoms with E-state index in [-0.39, 0.29) is 23.0 Å². The van der Waals surface area contributed by atoms with Crippen LogP contribution in [0, 0.1) is 23.3 Å². The topological polar surface area (TPSA) is 76.4 Å². The van der Waals surface area contributed by atoms with E-state index in [1.807, 2.05) is 243 Å². The van der Waals surface area contributed by atoms with Crippen molar-refractivity contribution in [3.63, 3.8) is 0 Å². The van der Waals surface area contributed by atoms with Gasteiger partial charge in [0, 0.05) is 121 Å². The van der Waals surface area contributed by atoms with Crippen molar-refractivity contribution in [2.75, 3.05) is 0 Å². The lowest BCUT2D eigenvalue weighted by atomic mass is 9.86. The third-order valence-corrected chi connectivity index (χ3v) is 21.0. The van der Waals surface area contributed by atoms with Gasteiger partial charge in [0.1, 0.15) is 46.3 Å². The summed E-state index contributed by atoms with van der Waals surface area (Å²) >= 11 is 0. The molecule has 0 aliphatic carbocycles. The van der Waals surface area contributed by atoms with Crippen LogP contribution in [-0.2, 0) is 0 Å². The van der Waals surface area contributed by atoms with Gasteiger partial charge in [-0.2, -0.15) is 0 Å². The Balaban J connectivity index is 1.23. The minimum atomic E-state index is -1.95. The SMILES string of the molecule is Fc1ccc(-c2cc(-c3ccc(F)cc3)c(OP(n3cccc3)n3cccc3)c(-c3c(OP(n4cccc4)n4cccc4)c(-c4ccc(F)cc4)cc(-c4ccc(F)cc4)c3OP(n3cccc3)n3cccc3)c2OP(n2cccc2)n2cccc2)cc1. The van der Waals surface area contributed by atoms with Gasteiger partial charge in [-0.25, -0.2) is 17.6 Å². The first kappa shape index (κ1) is 56.0. The number of nitrogens with zero attached hydrogens (tertiary/aromatic N) is 8. The van der Waals surface area contributed by atoms with Gasteiger partial charge in [-0.1, -0.05) is 48.5 Å². The largest absolute Gasteiger partial charge is 0.434 e. The summed E-state index contributed by atoms with van der Waals surface area (Å²) in [6.07, 6.45) is 30.9. The highest BCUT2D eigenvalue weighted by molar-refractivity contribution is 7.50. The molecule has 0 aliphatic rings. The molecule has 14 aromatic rings. The highest BCUT2D eigenvalue weighted by Gasteiger charge is 2.38. The third-order valence-electron chi connectivity index (χ3n) is 14.3. The van der Waals surface area contributed by atoms with Gasteiger partial charge >= 0.3 is 33.8 Å². The smallest absolute Gasteiger partial charge is 0.317 e. The monoisotopic (exact) mass is 1240 g/mol. The van der Waals surface area contributed by atoms with E-state index in [2.05, 4.69) is 0 Å². The van der Waals surface area contributed by atoms with E-state index in [9.17, 15) is 0 Å². The molecular weight excluding hydrogens is 1190 g/mol. The first-order valence-electron chi connectivity index (χ1n) is 27.7. The minimum Gasteiger partial charge on any atom is -0.434 e. The molecule has 6 aromatic carbocycles. The molecule has 12 nitrogen and oxygen atoms in total. The van der Waals surface area contributed by atoms with Gasteiger partial charge in [0.25, 0.3) is 0 Å². The predicted molar refractivity (Wildman–Crippen MR) is 342 cm³/mol. The molecule has 0 bridgehead atoms. The average molecular weight is 1240 g/mol. The van der Waals surface area contributed by atoms with Gasteiger partial charge in [-0.15, -0.1) is 0 Å². The fraction of sp³-hybridized carbons (Fsp3) is 0.